The van der Waals surface area contributed by atoms with E-state index in [0.717, 1.165) is 89.9 Å². The van der Waals surface area contributed by atoms with Gasteiger partial charge in [-0.1, -0.05) is 191 Å². The minimum atomic E-state index is -0.790. The minimum Gasteiger partial charge on any atom is -0.462 e. The number of hydrogen-bond donors (Lipinski definition) is 0. The molecule has 0 radical (unpaired) electrons. The Bertz CT molecular complexity index is 1070. The van der Waals surface area contributed by atoms with Crippen LogP contribution < -0.4 is 0 Å². The maximum atomic E-state index is 12.7. The smallest absolute Gasteiger partial charge is 0.306 e. The number of unbranched alkanes of at least 4 members (excludes halogenated alkanes) is 22. The molecular formula is C52H90O6. The fourth-order valence-electron chi connectivity index (χ4n) is 6.60. The van der Waals surface area contributed by atoms with Crippen LogP contribution in [0.1, 0.15) is 233 Å². The van der Waals surface area contributed by atoms with E-state index in [1.54, 1.807) is 0 Å². The largest absolute Gasteiger partial charge is 0.462 e. The summed E-state index contributed by atoms with van der Waals surface area (Å²) in [5.74, 6) is -0.940. The topological polar surface area (TPSA) is 78.9 Å². The van der Waals surface area contributed by atoms with E-state index in [4.69, 9.17) is 14.2 Å². The Hall–Kier alpha value is -2.89. The van der Waals surface area contributed by atoms with E-state index in [0.29, 0.717) is 19.3 Å². The number of esters is 3. The molecule has 0 amide bonds. The van der Waals surface area contributed by atoms with Crippen LogP contribution in [0, 0.1) is 0 Å². The van der Waals surface area contributed by atoms with E-state index in [1.165, 1.54) is 103 Å². The van der Waals surface area contributed by atoms with Crippen molar-refractivity contribution in [1.82, 2.24) is 0 Å². The molecule has 334 valence electrons. The maximum Gasteiger partial charge on any atom is 0.306 e. The van der Waals surface area contributed by atoms with Gasteiger partial charge >= 0.3 is 17.9 Å². The van der Waals surface area contributed by atoms with Crippen molar-refractivity contribution >= 4 is 17.9 Å². The summed E-state index contributed by atoms with van der Waals surface area (Å²) in [7, 11) is 0. The number of ether oxygens (including phenoxy) is 3. The molecule has 0 fully saturated rings. The molecular weight excluding hydrogens is 721 g/mol. The van der Waals surface area contributed by atoms with Crippen molar-refractivity contribution in [1.29, 1.82) is 0 Å². The van der Waals surface area contributed by atoms with Gasteiger partial charge in [0.2, 0.25) is 0 Å². The second-order valence-electron chi connectivity index (χ2n) is 16.0. The molecule has 0 saturated carbocycles. The van der Waals surface area contributed by atoms with Gasteiger partial charge in [0.25, 0.3) is 0 Å². The highest BCUT2D eigenvalue weighted by Crippen LogP contribution is 2.14. The quantitative estimate of drug-likeness (QED) is 0.0264. The highest BCUT2D eigenvalue weighted by molar-refractivity contribution is 5.71. The molecule has 0 aliphatic rings. The molecule has 0 bridgehead atoms. The van der Waals surface area contributed by atoms with Crippen LogP contribution in [0.2, 0.25) is 0 Å². The first-order chi connectivity index (χ1) is 28.5. The van der Waals surface area contributed by atoms with Gasteiger partial charge in [0.1, 0.15) is 13.2 Å². The Morgan fingerprint density at radius 2 is 0.672 bits per heavy atom. The van der Waals surface area contributed by atoms with Gasteiger partial charge in [-0.05, 0) is 83.5 Å². The van der Waals surface area contributed by atoms with Crippen LogP contribution in [-0.4, -0.2) is 37.2 Å². The molecule has 6 nitrogen and oxygen atoms in total. The van der Waals surface area contributed by atoms with E-state index in [-0.39, 0.29) is 31.1 Å². The Balaban J connectivity index is 4.45. The average molecular weight is 811 g/mol. The molecule has 6 heteroatoms. The first-order valence-corrected chi connectivity index (χ1v) is 24.3. The maximum absolute atomic E-state index is 12.7. The molecule has 0 aliphatic carbocycles. The lowest BCUT2D eigenvalue weighted by Crippen LogP contribution is -2.30. The first-order valence-electron chi connectivity index (χ1n) is 24.3. The summed E-state index contributed by atoms with van der Waals surface area (Å²) in [4.78, 5) is 37.8. The molecule has 0 N–H and O–H groups in total. The molecule has 0 unspecified atom stereocenters. The second kappa shape index (κ2) is 46.8. The SMILES string of the molecule is CC/C=C\C/C=C\C/C=C\C/C=C\CCCCC(=O)OC[C@@H](COC(=O)CCCCCCC/C=C\CCCCC)OC(=O)CCCCCCCCCCCCCCC. The van der Waals surface area contributed by atoms with Gasteiger partial charge in [0.05, 0.1) is 0 Å². The zero-order valence-corrected chi connectivity index (χ0v) is 38.0. The van der Waals surface area contributed by atoms with Gasteiger partial charge in [-0.25, -0.2) is 0 Å². The summed E-state index contributed by atoms with van der Waals surface area (Å²) in [5, 5.41) is 0. The van der Waals surface area contributed by atoms with Gasteiger partial charge < -0.3 is 14.2 Å². The van der Waals surface area contributed by atoms with E-state index in [9.17, 15) is 14.4 Å². The zero-order valence-electron chi connectivity index (χ0n) is 38.0. The van der Waals surface area contributed by atoms with Crippen molar-refractivity contribution in [3.05, 3.63) is 60.8 Å². The number of rotatable bonds is 43. The molecule has 0 heterocycles. The van der Waals surface area contributed by atoms with Gasteiger partial charge in [0.15, 0.2) is 6.10 Å². The van der Waals surface area contributed by atoms with Crippen molar-refractivity contribution in [2.75, 3.05) is 13.2 Å². The summed E-state index contributed by atoms with van der Waals surface area (Å²) >= 11 is 0. The van der Waals surface area contributed by atoms with Crippen LogP contribution in [0.25, 0.3) is 0 Å². The summed E-state index contributed by atoms with van der Waals surface area (Å²) in [6, 6.07) is 0. The third kappa shape index (κ3) is 44.2. The summed E-state index contributed by atoms with van der Waals surface area (Å²) in [6.07, 6.45) is 56.3. The lowest BCUT2D eigenvalue weighted by Gasteiger charge is -2.18. The van der Waals surface area contributed by atoms with E-state index in [1.807, 2.05) is 0 Å². The Kier molecular flexibility index (Phi) is 44.5. The molecule has 0 aliphatic heterocycles. The fourth-order valence-corrected chi connectivity index (χ4v) is 6.60. The van der Waals surface area contributed by atoms with Crippen molar-refractivity contribution in [2.45, 2.75) is 239 Å². The summed E-state index contributed by atoms with van der Waals surface area (Å²) in [6.45, 7) is 6.45. The number of carbonyl (C=O) groups excluding carboxylic acids is 3. The van der Waals surface area contributed by atoms with Crippen molar-refractivity contribution in [3.8, 4) is 0 Å². The van der Waals surface area contributed by atoms with Gasteiger partial charge in [-0.15, -0.1) is 0 Å². The first kappa shape index (κ1) is 55.1. The van der Waals surface area contributed by atoms with Crippen LogP contribution in [0.3, 0.4) is 0 Å². The summed E-state index contributed by atoms with van der Waals surface area (Å²) in [5.41, 5.74) is 0. The Labute approximate surface area is 358 Å². The zero-order chi connectivity index (χ0) is 42.3. The van der Waals surface area contributed by atoms with Crippen molar-refractivity contribution in [2.24, 2.45) is 0 Å². The Morgan fingerprint density at radius 1 is 0.362 bits per heavy atom. The third-order valence-corrected chi connectivity index (χ3v) is 10.3. The normalized spacial score (nSPS) is 12.5. The lowest BCUT2D eigenvalue weighted by atomic mass is 10.0. The Morgan fingerprint density at radius 3 is 1.14 bits per heavy atom. The number of allylic oxidation sites excluding steroid dienone is 10. The number of hydrogen-bond acceptors (Lipinski definition) is 6. The molecule has 58 heavy (non-hydrogen) atoms. The average Bonchev–Trinajstić information content (AvgIpc) is 3.22. The molecule has 0 aromatic heterocycles. The van der Waals surface area contributed by atoms with E-state index >= 15 is 0 Å². The predicted octanol–water partition coefficient (Wildman–Crippen LogP) is 15.7. The highest BCUT2D eigenvalue weighted by Gasteiger charge is 2.19. The van der Waals surface area contributed by atoms with Crippen LogP contribution in [0.5, 0.6) is 0 Å². The standard InChI is InChI=1S/C52H90O6/c1-4-7-10-13-16-19-22-25-26-28-30-33-36-39-42-45-51(54)57-48-49(47-56-50(53)44-41-38-35-32-29-24-21-18-15-12-9-6-3)58-52(55)46-43-40-37-34-31-27-23-20-17-14-11-8-5-2/h7,10,16,18-19,21,25-26,30,33,49H,4-6,8-9,11-15,17,20,22-24,27-29,31-32,34-48H2,1-3H3/b10-7-,19-16-,21-18-,26-25-,33-30-/t49-/m1/s1. The monoisotopic (exact) mass is 811 g/mol. The molecule has 0 saturated heterocycles. The number of carbonyl (C=O) groups is 3. The second-order valence-corrected chi connectivity index (χ2v) is 16.0. The van der Waals surface area contributed by atoms with Crippen LogP contribution in [0.4, 0.5) is 0 Å². The van der Waals surface area contributed by atoms with E-state index < -0.39 is 6.10 Å². The van der Waals surface area contributed by atoms with Gasteiger partial charge in [-0.3, -0.25) is 14.4 Å². The van der Waals surface area contributed by atoms with Gasteiger partial charge in [0, 0.05) is 19.3 Å². The highest BCUT2D eigenvalue weighted by atomic mass is 16.6. The molecule has 0 aromatic rings. The van der Waals surface area contributed by atoms with E-state index in [2.05, 4.69) is 81.5 Å². The molecule has 0 rings (SSSR count). The predicted molar refractivity (Wildman–Crippen MR) is 247 cm³/mol. The minimum absolute atomic E-state index is 0.0904. The summed E-state index contributed by atoms with van der Waals surface area (Å²) < 4.78 is 16.7. The molecule has 1 atom stereocenters. The van der Waals surface area contributed by atoms with Gasteiger partial charge in [-0.2, -0.15) is 0 Å². The van der Waals surface area contributed by atoms with Crippen LogP contribution >= 0.6 is 0 Å². The van der Waals surface area contributed by atoms with Crippen LogP contribution in [-0.2, 0) is 28.6 Å². The fraction of sp³-hybridized carbons (Fsp3) is 0.750. The molecule has 0 spiro atoms. The van der Waals surface area contributed by atoms with Crippen molar-refractivity contribution in [3.63, 3.8) is 0 Å². The third-order valence-electron chi connectivity index (χ3n) is 10.3. The lowest BCUT2D eigenvalue weighted by molar-refractivity contribution is -0.167. The molecule has 0 aromatic carbocycles. The van der Waals surface area contributed by atoms with Crippen LogP contribution in [0.15, 0.2) is 60.8 Å². The van der Waals surface area contributed by atoms with Crippen molar-refractivity contribution < 1.29 is 28.6 Å².